The minimum absolute atomic E-state index is 0.242. The molecule has 0 amide bonds. The standard InChI is InChI=1S/C15H13NO2/c17-11-13-3-1-2-4-15(13)16-10-9-12-5-7-14(18)8-6-12/h1-11,16,18H/b10-9+. The van der Waals surface area contributed by atoms with Crippen LogP contribution >= 0.6 is 0 Å². The normalized spacial score (nSPS) is 10.4. The third kappa shape index (κ3) is 2.98. The molecule has 90 valence electrons. The van der Waals surface area contributed by atoms with Gasteiger partial charge in [-0.1, -0.05) is 24.3 Å². The van der Waals surface area contributed by atoms with E-state index in [0.717, 1.165) is 17.5 Å². The SMILES string of the molecule is O=Cc1ccccc1N/C=C/c1ccc(O)cc1. The van der Waals surface area contributed by atoms with E-state index in [2.05, 4.69) is 5.32 Å². The molecule has 0 aliphatic heterocycles. The van der Waals surface area contributed by atoms with E-state index in [-0.39, 0.29) is 5.75 Å². The number of para-hydroxylation sites is 1. The van der Waals surface area contributed by atoms with Crippen molar-refractivity contribution in [2.75, 3.05) is 5.32 Å². The zero-order valence-electron chi connectivity index (χ0n) is 9.71. The number of carbonyl (C=O) groups is 1. The van der Waals surface area contributed by atoms with Crippen LogP contribution in [0.3, 0.4) is 0 Å². The van der Waals surface area contributed by atoms with Gasteiger partial charge in [-0.15, -0.1) is 0 Å². The lowest BCUT2D eigenvalue weighted by atomic mass is 10.2. The second kappa shape index (κ2) is 5.68. The van der Waals surface area contributed by atoms with E-state index in [1.807, 2.05) is 24.3 Å². The van der Waals surface area contributed by atoms with Gasteiger partial charge in [0, 0.05) is 17.5 Å². The number of anilines is 1. The van der Waals surface area contributed by atoms with Gasteiger partial charge >= 0.3 is 0 Å². The Bertz CT molecular complexity index is 559. The number of rotatable bonds is 4. The summed E-state index contributed by atoms with van der Waals surface area (Å²) in [4.78, 5) is 10.8. The summed E-state index contributed by atoms with van der Waals surface area (Å²) in [5.41, 5.74) is 2.35. The topological polar surface area (TPSA) is 49.3 Å². The number of aldehydes is 1. The van der Waals surface area contributed by atoms with Crippen LogP contribution in [-0.2, 0) is 0 Å². The third-order valence-electron chi connectivity index (χ3n) is 2.50. The Balaban J connectivity index is 2.07. The first-order valence-corrected chi connectivity index (χ1v) is 5.56. The summed E-state index contributed by atoms with van der Waals surface area (Å²) in [6, 6.07) is 14.1. The van der Waals surface area contributed by atoms with Crippen LogP contribution in [0.25, 0.3) is 6.08 Å². The Morgan fingerprint density at radius 3 is 2.44 bits per heavy atom. The van der Waals surface area contributed by atoms with Crippen molar-refractivity contribution in [1.29, 1.82) is 0 Å². The van der Waals surface area contributed by atoms with Crippen molar-refractivity contribution in [2.24, 2.45) is 0 Å². The maximum Gasteiger partial charge on any atom is 0.152 e. The average molecular weight is 239 g/mol. The Morgan fingerprint density at radius 1 is 1.00 bits per heavy atom. The predicted octanol–water partition coefficient (Wildman–Crippen LogP) is 3.29. The van der Waals surface area contributed by atoms with Crippen LogP contribution < -0.4 is 5.32 Å². The smallest absolute Gasteiger partial charge is 0.152 e. The number of aromatic hydroxyl groups is 1. The fourth-order valence-corrected chi connectivity index (χ4v) is 1.54. The van der Waals surface area contributed by atoms with E-state index in [4.69, 9.17) is 5.11 Å². The van der Waals surface area contributed by atoms with Gasteiger partial charge in [0.25, 0.3) is 0 Å². The Kier molecular flexibility index (Phi) is 3.76. The van der Waals surface area contributed by atoms with Crippen LogP contribution in [0.1, 0.15) is 15.9 Å². The van der Waals surface area contributed by atoms with E-state index in [0.29, 0.717) is 5.56 Å². The summed E-state index contributed by atoms with van der Waals surface area (Å²) in [5.74, 6) is 0.242. The second-order valence-electron chi connectivity index (χ2n) is 3.77. The molecule has 0 bridgehead atoms. The molecule has 2 N–H and O–H groups in total. The first-order valence-electron chi connectivity index (χ1n) is 5.56. The van der Waals surface area contributed by atoms with Gasteiger partial charge in [0.05, 0.1) is 0 Å². The van der Waals surface area contributed by atoms with Gasteiger partial charge in [0.15, 0.2) is 6.29 Å². The molecule has 0 fully saturated rings. The maximum absolute atomic E-state index is 10.8. The summed E-state index contributed by atoms with van der Waals surface area (Å²) >= 11 is 0. The van der Waals surface area contributed by atoms with Crippen molar-refractivity contribution < 1.29 is 9.90 Å². The van der Waals surface area contributed by atoms with Gasteiger partial charge < -0.3 is 10.4 Å². The molecule has 2 aromatic carbocycles. The molecule has 0 aliphatic rings. The number of hydrogen-bond acceptors (Lipinski definition) is 3. The zero-order valence-corrected chi connectivity index (χ0v) is 9.71. The van der Waals surface area contributed by atoms with E-state index in [1.54, 1.807) is 36.5 Å². The summed E-state index contributed by atoms with van der Waals surface area (Å²) in [5, 5.41) is 12.2. The van der Waals surface area contributed by atoms with Crippen molar-refractivity contribution in [2.45, 2.75) is 0 Å². The molecule has 0 atom stereocenters. The molecule has 0 aliphatic carbocycles. The average Bonchev–Trinajstić information content (AvgIpc) is 2.41. The predicted molar refractivity (Wildman–Crippen MR) is 72.6 cm³/mol. The van der Waals surface area contributed by atoms with Crippen LogP contribution in [0, 0.1) is 0 Å². The molecule has 2 aromatic rings. The molecule has 0 heterocycles. The highest BCUT2D eigenvalue weighted by Crippen LogP contribution is 2.14. The molecule has 0 unspecified atom stereocenters. The van der Waals surface area contributed by atoms with Crippen molar-refractivity contribution >= 4 is 18.0 Å². The van der Waals surface area contributed by atoms with E-state index in [9.17, 15) is 4.79 Å². The maximum atomic E-state index is 10.8. The van der Waals surface area contributed by atoms with E-state index in [1.165, 1.54) is 0 Å². The highest BCUT2D eigenvalue weighted by Gasteiger charge is 1.96. The molecule has 2 rings (SSSR count). The molecule has 0 spiro atoms. The van der Waals surface area contributed by atoms with E-state index < -0.39 is 0 Å². The van der Waals surface area contributed by atoms with Crippen molar-refractivity contribution in [3.8, 4) is 5.75 Å². The van der Waals surface area contributed by atoms with Crippen LogP contribution in [0.5, 0.6) is 5.75 Å². The monoisotopic (exact) mass is 239 g/mol. The largest absolute Gasteiger partial charge is 0.508 e. The molecular formula is C15H13NO2. The Hall–Kier alpha value is -2.55. The number of phenolic OH excluding ortho intramolecular Hbond substituents is 1. The fourth-order valence-electron chi connectivity index (χ4n) is 1.54. The fraction of sp³-hybridized carbons (Fsp3) is 0. The first kappa shape index (κ1) is 11.9. The quantitative estimate of drug-likeness (QED) is 0.805. The highest BCUT2D eigenvalue weighted by atomic mass is 16.3. The summed E-state index contributed by atoms with van der Waals surface area (Å²) < 4.78 is 0. The van der Waals surface area contributed by atoms with Crippen molar-refractivity contribution in [3.05, 3.63) is 65.9 Å². The van der Waals surface area contributed by atoms with Crippen LogP contribution in [0.15, 0.2) is 54.7 Å². The molecule has 0 saturated heterocycles. The van der Waals surface area contributed by atoms with Gasteiger partial charge in [-0.25, -0.2) is 0 Å². The Morgan fingerprint density at radius 2 is 1.72 bits per heavy atom. The lowest BCUT2D eigenvalue weighted by molar-refractivity contribution is 0.112. The molecule has 3 heteroatoms. The molecule has 0 saturated carbocycles. The van der Waals surface area contributed by atoms with Gasteiger partial charge in [-0.2, -0.15) is 0 Å². The number of hydrogen-bond donors (Lipinski definition) is 2. The minimum atomic E-state index is 0.242. The number of nitrogens with one attached hydrogen (secondary N) is 1. The second-order valence-corrected chi connectivity index (χ2v) is 3.77. The zero-order chi connectivity index (χ0) is 12.8. The third-order valence-corrected chi connectivity index (χ3v) is 2.50. The lowest BCUT2D eigenvalue weighted by Crippen LogP contribution is -1.92. The number of carbonyl (C=O) groups excluding carboxylic acids is 1. The van der Waals surface area contributed by atoms with Gasteiger partial charge in [-0.05, 0) is 35.9 Å². The van der Waals surface area contributed by atoms with Crippen molar-refractivity contribution in [1.82, 2.24) is 0 Å². The van der Waals surface area contributed by atoms with Gasteiger partial charge in [0.1, 0.15) is 5.75 Å². The molecular weight excluding hydrogens is 226 g/mol. The van der Waals surface area contributed by atoms with Crippen LogP contribution in [0.4, 0.5) is 5.69 Å². The number of benzene rings is 2. The molecule has 3 nitrogen and oxygen atoms in total. The summed E-state index contributed by atoms with van der Waals surface area (Å²) in [6.07, 6.45) is 4.44. The van der Waals surface area contributed by atoms with Crippen molar-refractivity contribution in [3.63, 3.8) is 0 Å². The van der Waals surface area contributed by atoms with Gasteiger partial charge in [-0.3, -0.25) is 4.79 Å². The molecule has 0 radical (unpaired) electrons. The van der Waals surface area contributed by atoms with Crippen LogP contribution in [0.2, 0.25) is 0 Å². The summed E-state index contributed by atoms with van der Waals surface area (Å²) in [6.45, 7) is 0. The lowest BCUT2D eigenvalue weighted by Gasteiger charge is -2.03. The summed E-state index contributed by atoms with van der Waals surface area (Å²) in [7, 11) is 0. The molecule has 0 aromatic heterocycles. The number of phenols is 1. The Labute approximate surface area is 105 Å². The highest BCUT2D eigenvalue weighted by molar-refractivity contribution is 5.84. The first-order chi connectivity index (χ1) is 8.79. The van der Waals surface area contributed by atoms with Crippen LogP contribution in [-0.4, -0.2) is 11.4 Å². The van der Waals surface area contributed by atoms with E-state index >= 15 is 0 Å². The molecule has 18 heavy (non-hydrogen) atoms. The minimum Gasteiger partial charge on any atom is -0.508 e. The van der Waals surface area contributed by atoms with Gasteiger partial charge in [0.2, 0.25) is 0 Å².